The van der Waals surface area contributed by atoms with Gasteiger partial charge in [0.25, 0.3) is 0 Å². The van der Waals surface area contributed by atoms with Gasteiger partial charge in [0.2, 0.25) is 0 Å². The predicted octanol–water partition coefficient (Wildman–Crippen LogP) is 4.72. The molecule has 37 heavy (non-hydrogen) atoms. The van der Waals surface area contributed by atoms with Crippen LogP contribution in [0.3, 0.4) is 0 Å². The van der Waals surface area contributed by atoms with Crippen LogP contribution in [0.4, 0.5) is 11.4 Å². The number of hydrogen-bond donors (Lipinski definition) is 2. The van der Waals surface area contributed by atoms with Gasteiger partial charge in [0.1, 0.15) is 11.3 Å². The highest BCUT2D eigenvalue weighted by Gasteiger charge is 2.24. The second kappa shape index (κ2) is 12.0. The van der Waals surface area contributed by atoms with Crippen molar-refractivity contribution >= 4 is 34.1 Å². The number of halogens is 1. The molecule has 0 bridgehead atoms. The quantitative estimate of drug-likeness (QED) is 0.391. The van der Waals surface area contributed by atoms with E-state index in [-0.39, 0.29) is 0 Å². The fourth-order valence-corrected chi connectivity index (χ4v) is 5.86. The summed E-state index contributed by atoms with van der Waals surface area (Å²) in [5, 5.41) is 4.30. The number of rotatable bonds is 9. The van der Waals surface area contributed by atoms with Crippen molar-refractivity contribution in [1.29, 1.82) is 0 Å². The van der Waals surface area contributed by atoms with Crippen molar-refractivity contribution in [3.8, 4) is 11.4 Å². The molecule has 3 aromatic rings. The summed E-state index contributed by atoms with van der Waals surface area (Å²) < 4.78 is 5.21. The molecule has 5 rings (SSSR count). The number of aromatic nitrogens is 3. The number of piperidine rings is 1. The minimum Gasteiger partial charge on any atom is -0.385 e. The van der Waals surface area contributed by atoms with Gasteiger partial charge < -0.3 is 24.8 Å². The summed E-state index contributed by atoms with van der Waals surface area (Å²) in [6.45, 7) is 13.0. The van der Waals surface area contributed by atoms with Crippen LogP contribution in [0.2, 0.25) is 5.02 Å². The smallest absolute Gasteiger partial charge is 0.159 e. The minimum atomic E-state index is 0.396. The van der Waals surface area contributed by atoms with E-state index in [1.54, 1.807) is 13.3 Å². The zero-order valence-corrected chi connectivity index (χ0v) is 23.1. The fourth-order valence-electron chi connectivity index (χ4n) is 5.67. The summed E-state index contributed by atoms with van der Waals surface area (Å²) in [6.07, 6.45) is 5.01. The Balaban J connectivity index is 1.28. The number of anilines is 2. The van der Waals surface area contributed by atoms with Crippen molar-refractivity contribution in [2.45, 2.75) is 45.2 Å². The van der Waals surface area contributed by atoms with Crippen LogP contribution in [0.15, 0.2) is 30.5 Å². The largest absolute Gasteiger partial charge is 0.385 e. The van der Waals surface area contributed by atoms with Crippen molar-refractivity contribution in [1.82, 2.24) is 24.8 Å². The highest BCUT2D eigenvalue weighted by atomic mass is 35.5. The number of fused-ring (bicyclic) bond motifs is 1. The van der Waals surface area contributed by atoms with Gasteiger partial charge in [-0.15, -0.1) is 0 Å². The molecule has 9 heteroatoms. The molecule has 1 aromatic carbocycles. The first-order valence-electron chi connectivity index (χ1n) is 13.7. The monoisotopic (exact) mass is 525 g/mol. The number of pyridine rings is 1. The molecule has 2 saturated heterocycles. The molecule has 0 spiro atoms. The topological polar surface area (TPSA) is 72.6 Å². The summed E-state index contributed by atoms with van der Waals surface area (Å²) in [7, 11) is 1.77. The van der Waals surface area contributed by atoms with E-state index in [1.807, 2.05) is 0 Å². The third kappa shape index (κ3) is 6.03. The highest BCUT2D eigenvalue weighted by molar-refractivity contribution is 6.34. The van der Waals surface area contributed by atoms with Gasteiger partial charge in [-0.1, -0.05) is 18.5 Å². The normalized spacial score (nSPS) is 20.1. The number of methoxy groups -OCH3 is 1. The van der Waals surface area contributed by atoms with Gasteiger partial charge in [0.05, 0.1) is 16.9 Å². The molecule has 0 amide bonds. The number of H-pyrrole nitrogens is 1. The van der Waals surface area contributed by atoms with Crippen molar-refractivity contribution in [2.24, 2.45) is 0 Å². The molecule has 2 aliphatic rings. The molecule has 8 nitrogen and oxygen atoms in total. The second-order valence-corrected chi connectivity index (χ2v) is 10.8. The average Bonchev–Trinajstić information content (AvgIpc) is 3.36. The lowest BCUT2D eigenvalue weighted by Crippen LogP contribution is -2.52. The number of nitrogens with zero attached hydrogens (tertiary/aromatic N) is 5. The molecule has 0 saturated carbocycles. The lowest BCUT2D eigenvalue weighted by Gasteiger charge is -2.41. The average molecular weight is 526 g/mol. The number of imidazole rings is 1. The van der Waals surface area contributed by atoms with Crippen molar-refractivity contribution < 1.29 is 4.74 Å². The third-order valence-electron chi connectivity index (χ3n) is 7.86. The first-order valence-corrected chi connectivity index (χ1v) is 14.0. The SMILES string of the molecule is CCN1CCC(Nc2c(Cl)cnc3[nH]c(-c4ccc(N5CCN(CCCOC)CC5C)cc4)nc23)CC1. The Kier molecular flexibility index (Phi) is 8.49. The number of aromatic amines is 1. The molecule has 0 aliphatic carbocycles. The van der Waals surface area contributed by atoms with E-state index < -0.39 is 0 Å². The van der Waals surface area contributed by atoms with Crippen LogP contribution < -0.4 is 10.2 Å². The molecule has 2 aliphatic heterocycles. The lowest BCUT2D eigenvalue weighted by molar-refractivity contribution is 0.162. The summed E-state index contributed by atoms with van der Waals surface area (Å²) in [4.78, 5) is 20.4. The van der Waals surface area contributed by atoms with E-state index in [0.29, 0.717) is 17.1 Å². The van der Waals surface area contributed by atoms with E-state index in [0.717, 1.165) is 99.9 Å². The van der Waals surface area contributed by atoms with Crippen LogP contribution in [0.1, 0.15) is 33.1 Å². The first-order chi connectivity index (χ1) is 18.1. The number of likely N-dealkylation sites (tertiary alicyclic amines) is 1. The lowest BCUT2D eigenvalue weighted by atomic mass is 10.0. The number of ether oxygens (including phenoxy) is 1. The van der Waals surface area contributed by atoms with E-state index >= 15 is 0 Å². The summed E-state index contributed by atoms with van der Waals surface area (Å²) >= 11 is 6.60. The Labute approximate surface area is 225 Å². The maximum atomic E-state index is 6.60. The number of benzene rings is 1. The van der Waals surface area contributed by atoms with Crippen molar-refractivity contribution in [2.75, 3.05) is 69.7 Å². The van der Waals surface area contributed by atoms with Crippen molar-refractivity contribution in [3.63, 3.8) is 0 Å². The van der Waals surface area contributed by atoms with Gasteiger partial charge in [-0.2, -0.15) is 0 Å². The van der Waals surface area contributed by atoms with Gasteiger partial charge in [0.15, 0.2) is 5.65 Å². The Morgan fingerprint density at radius 3 is 2.59 bits per heavy atom. The third-order valence-corrected chi connectivity index (χ3v) is 8.14. The van der Waals surface area contributed by atoms with Gasteiger partial charge in [-0.25, -0.2) is 9.97 Å². The molecule has 2 N–H and O–H groups in total. The van der Waals surface area contributed by atoms with Crippen molar-refractivity contribution in [3.05, 3.63) is 35.5 Å². The molecule has 1 unspecified atom stereocenters. The second-order valence-electron chi connectivity index (χ2n) is 10.4. The van der Waals surface area contributed by atoms with Gasteiger partial charge in [0, 0.05) is 76.3 Å². The van der Waals surface area contributed by atoms with E-state index in [9.17, 15) is 0 Å². The maximum Gasteiger partial charge on any atom is 0.159 e. The molecule has 2 fully saturated rings. The molecular weight excluding hydrogens is 486 g/mol. The van der Waals surface area contributed by atoms with E-state index in [1.165, 1.54) is 5.69 Å². The summed E-state index contributed by atoms with van der Waals surface area (Å²) in [6, 6.07) is 9.59. The Bertz CT molecular complexity index is 1160. The number of piperazine rings is 1. The zero-order valence-electron chi connectivity index (χ0n) is 22.3. The molecule has 200 valence electrons. The van der Waals surface area contributed by atoms with Gasteiger partial charge in [-0.3, -0.25) is 4.90 Å². The Hall–Kier alpha value is -2.39. The molecule has 2 aromatic heterocycles. The highest BCUT2D eigenvalue weighted by Crippen LogP contribution is 2.33. The fraction of sp³-hybridized carbons (Fsp3) is 0.571. The summed E-state index contributed by atoms with van der Waals surface area (Å²) in [5.74, 6) is 0.816. The molecule has 4 heterocycles. The molecule has 1 atom stereocenters. The standard InChI is InChI=1S/C28H40ClN7O/c1-4-34-13-10-22(11-14-34)31-25-24(29)18-30-28-26(25)32-27(33-28)21-6-8-23(9-7-21)36-16-15-35(19-20(36)2)12-5-17-37-3/h6-9,18,20,22H,4-5,10-17,19H2,1-3H3,(H2,30,31,32,33). The Morgan fingerprint density at radius 1 is 1.11 bits per heavy atom. The number of nitrogens with one attached hydrogen (secondary N) is 2. The van der Waals surface area contributed by atoms with Crippen LogP contribution >= 0.6 is 11.6 Å². The summed E-state index contributed by atoms with van der Waals surface area (Å²) in [5.41, 5.74) is 4.76. The minimum absolute atomic E-state index is 0.396. The molecule has 0 radical (unpaired) electrons. The van der Waals surface area contributed by atoms with Gasteiger partial charge >= 0.3 is 0 Å². The van der Waals surface area contributed by atoms with Crippen LogP contribution in [0, 0.1) is 0 Å². The maximum absolute atomic E-state index is 6.60. The van der Waals surface area contributed by atoms with E-state index in [4.69, 9.17) is 21.3 Å². The van der Waals surface area contributed by atoms with Crippen LogP contribution in [-0.2, 0) is 4.74 Å². The predicted molar refractivity (Wildman–Crippen MR) is 153 cm³/mol. The van der Waals surface area contributed by atoms with Crippen LogP contribution in [0.25, 0.3) is 22.6 Å². The van der Waals surface area contributed by atoms with Crippen LogP contribution in [-0.4, -0.2) is 96.4 Å². The first kappa shape index (κ1) is 26.2. The van der Waals surface area contributed by atoms with Crippen LogP contribution in [0.5, 0.6) is 0 Å². The zero-order chi connectivity index (χ0) is 25.8. The Morgan fingerprint density at radius 2 is 1.89 bits per heavy atom. The number of hydrogen-bond acceptors (Lipinski definition) is 7. The molecular formula is C28H40ClN7O. The van der Waals surface area contributed by atoms with Gasteiger partial charge in [-0.05, 0) is 57.0 Å². The van der Waals surface area contributed by atoms with E-state index in [2.05, 4.69) is 68.1 Å².